The Kier molecular flexibility index (Phi) is 7.20. The molecule has 1 aromatic heterocycles. The molecular formula is C29H32N2O4. The topological polar surface area (TPSA) is 77.5 Å². The van der Waals surface area contributed by atoms with E-state index in [0.717, 1.165) is 33.4 Å². The summed E-state index contributed by atoms with van der Waals surface area (Å²) < 4.78 is 11.2. The number of alkyl carbamates (subject to hydrolysis) is 1. The minimum atomic E-state index is -0.828. The molecule has 1 N–H and O–H groups in total. The van der Waals surface area contributed by atoms with Crippen molar-refractivity contribution in [3.8, 4) is 11.1 Å². The monoisotopic (exact) mass is 472 g/mol. The SMILES string of the molecule is Cc1cncc(CCC(NC(=O)OCC2c3ccccc3-c3ccccc32)C(=O)OC(C)(C)C)c1. The van der Waals surface area contributed by atoms with Crippen LogP contribution in [0.4, 0.5) is 4.79 Å². The highest BCUT2D eigenvalue weighted by atomic mass is 16.6. The first-order valence-corrected chi connectivity index (χ1v) is 12.0. The minimum absolute atomic E-state index is 0.0495. The van der Waals surface area contributed by atoms with Crippen LogP contribution in [0.5, 0.6) is 0 Å². The van der Waals surface area contributed by atoms with Gasteiger partial charge in [0, 0.05) is 18.3 Å². The van der Waals surface area contributed by atoms with Gasteiger partial charge >= 0.3 is 12.1 Å². The molecule has 1 unspecified atom stereocenters. The zero-order chi connectivity index (χ0) is 25.0. The number of carbonyl (C=O) groups excluding carboxylic acids is 2. The van der Waals surface area contributed by atoms with Gasteiger partial charge in [-0.15, -0.1) is 0 Å². The van der Waals surface area contributed by atoms with Crippen molar-refractivity contribution in [1.82, 2.24) is 10.3 Å². The lowest BCUT2D eigenvalue weighted by Gasteiger charge is -2.24. The average molecular weight is 473 g/mol. The lowest BCUT2D eigenvalue weighted by molar-refractivity contribution is -0.157. The third kappa shape index (κ3) is 6.07. The molecule has 35 heavy (non-hydrogen) atoms. The second-order valence-electron chi connectivity index (χ2n) is 9.97. The summed E-state index contributed by atoms with van der Waals surface area (Å²) >= 11 is 0. The first kappa shape index (κ1) is 24.5. The van der Waals surface area contributed by atoms with Crippen LogP contribution in [0.1, 0.15) is 55.4 Å². The molecule has 1 atom stereocenters. The Hall–Kier alpha value is -3.67. The molecule has 0 spiro atoms. The molecule has 0 fully saturated rings. The van der Waals surface area contributed by atoms with E-state index in [2.05, 4.69) is 34.6 Å². The fourth-order valence-corrected chi connectivity index (χ4v) is 4.47. The van der Waals surface area contributed by atoms with Gasteiger partial charge in [0.05, 0.1) is 0 Å². The zero-order valence-corrected chi connectivity index (χ0v) is 20.7. The first-order valence-electron chi connectivity index (χ1n) is 12.0. The number of nitrogens with one attached hydrogen (secondary N) is 1. The van der Waals surface area contributed by atoms with Crippen molar-refractivity contribution in [2.24, 2.45) is 0 Å². The number of amides is 1. The number of hydrogen-bond acceptors (Lipinski definition) is 5. The molecule has 6 heteroatoms. The van der Waals surface area contributed by atoms with Gasteiger partial charge in [-0.2, -0.15) is 0 Å². The van der Waals surface area contributed by atoms with Gasteiger partial charge in [0.1, 0.15) is 18.2 Å². The van der Waals surface area contributed by atoms with Crippen LogP contribution < -0.4 is 5.32 Å². The molecule has 2 aromatic carbocycles. The summed E-state index contributed by atoms with van der Waals surface area (Å²) in [6.07, 6.45) is 3.87. The largest absolute Gasteiger partial charge is 0.458 e. The number of rotatable bonds is 7. The quantitative estimate of drug-likeness (QED) is 0.455. The van der Waals surface area contributed by atoms with Gasteiger partial charge < -0.3 is 14.8 Å². The van der Waals surface area contributed by atoms with E-state index in [1.165, 1.54) is 0 Å². The van der Waals surface area contributed by atoms with Gasteiger partial charge in [-0.25, -0.2) is 9.59 Å². The van der Waals surface area contributed by atoms with Gasteiger partial charge in [0.25, 0.3) is 0 Å². The number of aromatic nitrogens is 1. The molecule has 4 rings (SSSR count). The average Bonchev–Trinajstić information content (AvgIpc) is 3.13. The molecule has 182 valence electrons. The summed E-state index contributed by atoms with van der Waals surface area (Å²) in [4.78, 5) is 29.9. The Balaban J connectivity index is 1.43. The number of benzene rings is 2. The highest BCUT2D eigenvalue weighted by Gasteiger charge is 2.31. The molecule has 3 aromatic rings. The van der Waals surface area contributed by atoms with Crippen molar-refractivity contribution >= 4 is 12.1 Å². The molecule has 1 amide bonds. The summed E-state index contributed by atoms with van der Waals surface area (Å²) in [5.74, 6) is -0.530. The van der Waals surface area contributed by atoms with Crippen LogP contribution in [-0.4, -0.2) is 35.3 Å². The van der Waals surface area contributed by atoms with E-state index in [-0.39, 0.29) is 12.5 Å². The fraction of sp³-hybridized carbons (Fsp3) is 0.345. The van der Waals surface area contributed by atoms with E-state index in [0.29, 0.717) is 12.8 Å². The molecule has 1 aliphatic carbocycles. The van der Waals surface area contributed by atoms with Crippen LogP contribution in [0, 0.1) is 6.92 Å². The van der Waals surface area contributed by atoms with Crippen molar-refractivity contribution in [1.29, 1.82) is 0 Å². The number of hydrogen-bond donors (Lipinski definition) is 1. The maximum absolute atomic E-state index is 12.9. The number of ether oxygens (including phenoxy) is 2. The standard InChI is InChI=1S/C29H32N2O4/c1-19-15-20(17-30-16-19)13-14-26(27(32)35-29(2,3)4)31-28(33)34-18-25-23-11-7-5-9-21(23)22-10-6-8-12-24(22)25/h5-12,15-17,25-26H,13-14,18H2,1-4H3,(H,31,33). The highest BCUT2D eigenvalue weighted by Crippen LogP contribution is 2.44. The smallest absolute Gasteiger partial charge is 0.407 e. The highest BCUT2D eigenvalue weighted by molar-refractivity contribution is 5.82. The van der Waals surface area contributed by atoms with E-state index in [1.807, 2.05) is 37.3 Å². The normalized spacial score (nSPS) is 13.5. The van der Waals surface area contributed by atoms with Crippen LogP contribution in [-0.2, 0) is 20.7 Å². The maximum Gasteiger partial charge on any atom is 0.407 e. The number of fused-ring (bicyclic) bond motifs is 3. The van der Waals surface area contributed by atoms with Crippen LogP contribution >= 0.6 is 0 Å². The molecule has 0 aliphatic heterocycles. The van der Waals surface area contributed by atoms with E-state index >= 15 is 0 Å². The van der Waals surface area contributed by atoms with Crippen molar-refractivity contribution < 1.29 is 19.1 Å². The summed E-state index contributed by atoms with van der Waals surface area (Å²) in [6.45, 7) is 7.57. The van der Waals surface area contributed by atoms with Gasteiger partial charge in [0.15, 0.2) is 0 Å². The summed E-state index contributed by atoms with van der Waals surface area (Å²) in [5, 5.41) is 2.74. The number of pyridine rings is 1. The lowest BCUT2D eigenvalue weighted by atomic mass is 9.98. The maximum atomic E-state index is 12.9. The molecule has 1 heterocycles. The fourth-order valence-electron chi connectivity index (χ4n) is 4.47. The third-order valence-corrected chi connectivity index (χ3v) is 5.98. The molecule has 1 aliphatic rings. The van der Waals surface area contributed by atoms with Gasteiger partial charge in [-0.05, 0) is 73.9 Å². The van der Waals surface area contributed by atoms with Crippen LogP contribution in [0.3, 0.4) is 0 Å². The van der Waals surface area contributed by atoms with E-state index < -0.39 is 23.7 Å². The van der Waals surface area contributed by atoms with Crippen molar-refractivity contribution in [3.05, 3.63) is 89.2 Å². The zero-order valence-electron chi connectivity index (χ0n) is 20.7. The predicted molar refractivity (Wildman–Crippen MR) is 135 cm³/mol. The van der Waals surface area contributed by atoms with E-state index in [1.54, 1.807) is 33.2 Å². The Morgan fingerprint density at radius 1 is 1.00 bits per heavy atom. The number of carbonyl (C=O) groups is 2. The molecule has 0 saturated heterocycles. The van der Waals surface area contributed by atoms with Crippen molar-refractivity contribution in [3.63, 3.8) is 0 Å². The lowest BCUT2D eigenvalue weighted by Crippen LogP contribution is -2.45. The first-order chi connectivity index (χ1) is 16.7. The van der Waals surface area contributed by atoms with Gasteiger partial charge in [-0.3, -0.25) is 4.98 Å². The van der Waals surface area contributed by atoms with Crippen molar-refractivity contribution in [2.75, 3.05) is 6.61 Å². The van der Waals surface area contributed by atoms with Gasteiger partial charge in [-0.1, -0.05) is 54.6 Å². The predicted octanol–water partition coefficient (Wildman–Crippen LogP) is 5.57. The van der Waals surface area contributed by atoms with Crippen LogP contribution in [0.25, 0.3) is 11.1 Å². The Labute approximate surface area is 206 Å². The third-order valence-electron chi connectivity index (χ3n) is 5.98. The summed E-state index contributed by atoms with van der Waals surface area (Å²) in [6, 6.07) is 17.5. The molecule has 0 bridgehead atoms. The molecular weight excluding hydrogens is 440 g/mol. The number of nitrogens with zero attached hydrogens (tertiary/aromatic N) is 1. The Morgan fingerprint density at radius 3 is 2.23 bits per heavy atom. The molecule has 0 radical (unpaired) electrons. The van der Waals surface area contributed by atoms with E-state index in [4.69, 9.17) is 9.47 Å². The van der Waals surface area contributed by atoms with Crippen molar-refractivity contribution in [2.45, 2.75) is 58.1 Å². The molecule has 6 nitrogen and oxygen atoms in total. The number of esters is 1. The van der Waals surface area contributed by atoms with Gasteiger partial charge in [0.2, 0.25) is 0 Å². The molecule has 0 saturated carbocycles. The summed E-state index contributed by atoms with van der Waals surface area (Å²) in [5.41, 5.74) is 5.97. The van der Waals surface area contributed by atoms with Crippen LogP contribution in [0.2, 0.25) is 0 Å². The summed E-state index contributed by atoms with van der Waals surface area (Å²) in [7, 11) is 0. The minimum Gasteiger partial charge on any atom is -0.458 e. The second kappa shape index (κ2) is 10.3. The van der Waals surface area contributed by atoms with E-state index in [9.17, 15) is 9.59 Å². The Bertz CT molecular complexity index is 1170. The number of aryl methyl sites for hydroxylation is 2. The van der Waals surface area contributed by atoms with Crippen LogP contribution in [0.15, 0.2) is 67.0 Å². The second-order valence-corrected chi connectivity index (χ2v) is 9.97. The Morgan fingerprint density at radius 2 is 1.63 bits per heavy atom.